The van der Waals surface area contributed by atoms with E-state index < -0.39 is 0 Å². The molecule has 0 radical (unpaired) electrons. The molecular weight excluding hydrogens is 254 g/mol. The molecule has 0 aliphatic carbocycles. The maximum absolute atomic E-state index is 12.3. The topological polar surface area (TPSA) is 44.8 Å². The summed E-state index contributed by atoms with van der Waals surface area (Å²) in [5.41, 5.74) is 0. The summed E-state index contributed by atoms with van der Waals surface area (Å²) < 4.78 is 5.91. The first-order chi connectivity index (χ1) is 9.66. The van der Waals surface area contributed by atoms with Crippen molar-refractivity contribution in [2.45, 2.75) is 44.2 Å². The minimum Gasteiger partial charge on any atom is -0.378 e. The van der Waals surface area contributed by atoms with Gasteiger partial charge in [-0.2, -0.15) is 0 Å². The third kappa shape index (κ3) is 4.72. The quantitative estimate of drug-likeness (QED) is 0.729. The van der Waals surface area contributed by atoms with Gasteiger partial charge in [-0.15, -0.1) is 0 Å². The summed E-state index contributed by atoms with van der Waals surface area (Å²) in [7, 11) is 4.17. The summed E-state index contributed by atoms with van der Waals surface area (Å²) in [4.78, 5) is 16.5. The minimum absolute atomic E-state index is 0.0764. The van der Waals surface area contributed by atoms with Crippen molar-refractivity contribution in [2.75, 3.05) is 46.9 Å². The van der Waals surface area contributed by atoms with Crippen molar-refractivity contribution >= 4 is 5.91 Å². The molecule has 0 unspecified atom stereocenters. The highest BCUT2D eigenvalue weighted by Crippen LogP contribution is 2.17. The number of nitrogens with zero attached hydrogens (tertiary/aromatic N) is 2. The molecule has 5 heteroatoms. The zero-order chi connectivity index (χ0) is 14.4. The molecule has 0 aromatic heterocycles. The number of carbonyl (C=O) groups is 1. The van der Waals surface area contributed by atoms with E-state index in [1.54, 1.807) is 0 Å². The first kappa shape index (κ1) is 15.7. The number of ether oxygens (including phenoxy) is 1. The Balaban J connectivity index is 1.61. The summed E-state index contributed by atoms with van der Waals surface area (Å²) >= 11 is 0. The molecule has 2 aliphatic rings. The van der Waals surface area contributed by atoms with Crippen LogP contribution in [0.5, 0.6) is 0 Å². The van der Waals surface area contributed by atoms with Crippen LogP contribution in [-0.2, 0) is 9.53 Å². The van der Waals surface area contributed by atoms with Gasteiger partial charge in [-0.1, -0.05) is 0 Å². The number of likely N-dealkylation sites (tertiary alicyclic amines) is 1. The van der Waals surface area contributed by atoms with E-state index in [1.165, 1.54) is 0 Å². The van der Waals surface area contributed by atoms with Crippen molar-refractivity contribution < 1.29 is 9.53 Å². The largest absolute Gasteiger partial charge is 0.378 e. The average molecular weight is 283 g/mol. The van der Waals surface area contributed by atoms with Gasteiger partial charge in [0, 0.05) is 19.7 Å². The molecule has 0 bridgehead atoms. The lowest BCUT2D eigenvalue weighted by atomic mass is 10.1. The summed E-state index contributed by atoms with van der Waals surface area (Å²) in [5, 5.41) is 3.29. The Morgan fingerprint density at radius 1 is 1.30 bits per heavy atom. The first-order valence-corrected chi connectivity index (χ1v) is 7.95. The Morgan fingerprint density at radius 3 is 2.65 bits per heavy atom. The van der Waals surface area contributed by atoms with Crippen molar-refractivity contribution in [1.29, 1.82) is 0 Å². The van der Waals surface area contributed by atoms with Crippen LogP contribution in [0.2, 0.25) is 0 Å². The van der Waals surface area contributed by atoms with Gasteiger partial charge >= 0.3 is 0 Å². The smallest absolute Gasteiger partial charge is 0.239 e. The van der Waals surface area contributed by atoms with Crippen molar-refractivity contribution in [3.05, 3.63) is 0 Å². The zero-order valence-corrected chi connectivity index (χ0v) is 12.9. The molecule has 2 fully saturated rings. The molecule has 0 spiro atoms. The minimum atomic E-state index is 0.0764. The molecule has 0 aromatic rings. The highest BCUT2D eigenvalue weighted by atomic mass is 16.5. The summed E-state index contributed by atoms with van der Waals surface area (Å²) in [6.07, 6.45) is 5.53. The Morgan fingerprint density at radius 2 is 2.05 bits per heavy atom. The van der Waals surface area contributed by atoms with Gasteiger partial charge in [0.05, 0.1) is 12.1 Å². The molecule has 20 heavy (non-hydrogen) atoms. The maximum atomic E-state index is 12.3. The van der Waals surface area contributed by atoms with Crippen molar-refractivity contribution in [1.82, 2.24) is 15.1 Å². The van der Waals surface area contributed by atoms with Crippen LogP contribution >= 0.6 is 0 Å². The van der Waals surface area contributed by atoms with E-state index in [0.717, 1.165) is 64.9 Å². The number of hydrogen-bond donors (Lipinski definition) is 1. The van der Waals surface area contributed by atoms with Crippen LogP contribution < -0.4 is 5.32 Å². The van der Waals surface area contributed by atoms with E-state index in [-0.39, 0.29) is 6.04 Å². The fourth-order valence-corrected chi connectivity index (χ4v) is 2.99. The molecular formula is C15H29N3O2. The molecule has 2 saturated heterocycles. The van der Waals surface area contributed by atoms with Crippen LogP contribution in [0, 0.1) is 0 Å². The van der Waals surface area contributed by atoms with Gasteiger partial charge in [0.1, 0.15) is 0 Å². The zero-order valence-electron chi connectivity index (χ0n) is 12.9. The van der Waals surface area contributed by atoms with E-state index in [2.05, 4.69) is 24.3 Å². The number of hydrogen-bond acceptors (Lipinski definition) is 4. The van der Waals surface area contributed by atoms with E-state index >= 15 is 0 Å². The van der Waals surface area contributed by atoms with Crippen molar-refractivity contribution in [2.24, 2.45) is 0 Å². The van der Waals surface area contributed by atoms with E-state index in [4.69, 9.17) is 4.74 Å². The summed E-state index contributed by atoms with van der Waals surface area (Å²) in [5.74, 6) is 0.300. The second-order valence-electron chi connectivity index (χ2n) is 6.20. The highest BCUT2D eigenvalue weighted by Gasteiger charge is 2.29. The Hall–Kier alpha value is -0.650. The van der Waals surface area contributed by atoms with Crippen molar-refractivity contribution in [3.63, 3.8) is 0 Å². The van der Waals surface area contributed by atoms with Crippen LogP contribution in [0.1, 0.15) is 32.1 Å². The monoisotopic (exact) mass is 283 g/mol. The van der Waals surface area contributed by atoms with Gasteiger partial charge < -0.3 is 19.9 Å². The van der Waals surface area contributed by atoms with E-state index in [1.807, 2.05) is 4.90 Å². The van der Waals surface area contributed by atoms with Crippen LogP contribution in [0.4, 0.5) is 0 Å². The molecule has 2 aliphatic heterocycles. The molecule has 0 saturated carbocycles. The summed E-state index contributed by atoms with van der Waals surface area (Å²) in [6.45, 7) is 4.61. The normalized spacial score (nSPS) is 24.6. The predicted molar refractivity (Wildman–Crippen MR) is 79.7 cm³/mol. The Bertz CT molecular complexity index is 295. The second-order valence-corrected chi connectivity index (χ2v) is 6.20. The predicted octanol–water partition coefficient (Wildman–Crippen LogP) is 0.698. The average Bonchev–Trinajstić information content (AvgIpc) is 2.97. The van der Waals surface area contributed by atoms with Gasteiger partial charge in [-0.25, -0.2) is 0 Å². The summed E-state index contributed by atoms with van der Waals surface area (Å²) in [6, 6.07) is 0.0764. The van der Waals surface area contributed by atoms with Gasteiger partial charge in [0.2, 0.25) is 5.91 Å². The molecule has 1 amide bonds. The number of amides is 1. The molecule has 2 rings (SSSR count). The number of carbonyl (C=O) groups excluding carboxylic acids is 1. The second kappa shape index (κ2) is 7.96. The lowest BCUT2D eigenvalue weighted by Crippen LogP contribution is -2.48. The third-order valence-corrected chi connectivity index (χ3v) is 4.22. The molecule has 116 valence electrons. The maximum Gasteiger partial charge on any atom is 0.239 e. The molecule has 5 nitrogen and oxygen atoms in total. The van der Waals surface area contributed by atoms with Gasteiger partial charge in [0.15, 0.2) is 0 Å². The van der Waals surface area contributed by atoms with Crippen LogP contribution in [-0.4, -0.2) is 74.7 Å². The van der Waals surface area contributed by atoms with Gasteiger partial charge in [0.25, 0.3) is 0 Å². The highest BCUT2D eigenvalue weighted by molar-refractivity contribution is 5.82. The number of piperidine rings is 1. The Kier molecular flexibility index (Phi) is 6.26. The number of rotatable bonds is 6. The van der Waals surface area contributed by atoms with E-state index in [0.29, 0.717) is 12.0 Å². The Labute approximate surface area is 122 Å². The van der Waals surface area contributed by atoms with Gasteiger partial charge in [-0.3, -0.25) is 4.79 Å². The fourth-order valence-electron chi connectivity index (χ4n) is 2.99. The van der Waals surface area contributed by atoms with E-state index in [9.17, 15) is 4.79 Å². The molecule has 1 N–H and O–H groups in total. The van der Waals surface area contributed by atoms with Crippen molar-refractivity contribution in [3.8, 4) is 0 Å². The molecule has 0 aromatic carbocycles. The molecule has 2 heterocycles. The lowest BCUT2D eigenvalue weighted by molar-refractivity contribution is -0.135. The SMILES string of the molecule is CN(C)CCCOC1CCN(C(=O)[C@H]2CCCN2)CC1. The molecule has 1 atom stereocenters. The third-order valence-electron chi connectivity index (χ3n) is 4.22. The first-order valence-electron chi connectivity index (χ1n) is 7.95. The number of nitrogens with one attached hydrogen (secondary N) is 1. The van der Waals surface area contributed by atoms with Crippen LogP contribution in [0.3, 0.4) is 0 Å². The standard InChI is InChI=1S/C15H29N3O2/c1-17(2)9-4-12-20-13-6-10-18(11-7-13)15(19)14-5-3-8-16-14/h13-14,16H,3-12H2,1-2H3/t14-/m1/s1. The lowest BCUT2D eigenvalue weighted by Gasteiger charge is -2.33. The van der Waals surface area contributed by atoms with Gasteiger partial charge in [-0.05, 0) is 59.3 Å². The van der Waals surface area contributed by atoms with Crippen LogP contribution in [0.15, 0.2) is 0 Å². The fraction of sp³-hybridized carbons (Fsp3) is 0.933. The van der Waals surface area contributed by atoms with Crippen LogP contribution in [0.25, 0.3) is 0 Å².